The van der Waals surface area contributed by atoms with Crippen LogP contribution in [0.4, 0.5) is 4.79 Å². The summed E-state index contributed by atoms with van der Waals surface area (Å²) in [6.45, 7) is 2.28. The van der Waals surface area contributed by atoms with Gasteiger partial charge in [0.2, 0.25) is 0 Å². The van der Waals surface area contributed by atoms with E-state index in [0.717, 1.165) is 11.8 Å². The lowest BCUT2D eigenvalue weighted by atomic mass is 10.1. The van der Waals surface area contributed by atoms with Crippen LogP contribution in [-0.4, -0.2) is 69.5 Å². The predicted molar refractivity (Wildman–Crippen MR) is 77.9 cm³/mol. The predicted octanol–water partition coefficient (Wildman–Crippen LogP) is -0.0718. The fourth-order valence-electron chi connectivity index (χ4n) is 2.16. The molecule has 114 valence electrons. The van der Waals surface area contributed by atoms with Gasteiger partial charge < -0.3 is 14.9 Å². The maximum atomic E-state index is 12.1. The zero-order chi connectivity index (χ0) is 15.6. The van der Waals surface area contributed by atoms with Crippen molar-refractivity contribution in [2.45, 2.75) is 19.1 Å². The van der Waals surface area contributed by atoms with Crippen molar-refractivity contribution in [3.05, 3.63) is 12.2 Å². The molecule has 1 fully saturated rings. The number of carboxylic acids is 1. The van der Waals surface area contributed by atoms with Gasteiger partial charge in [-0.3, -0.25) is 14.9 Å². The van der Waals surface area contributed by atoms with E-state index in [2.05, 4.69) is 10.3 Å². The van der Waals surface area contributed by atoms with E-state index in [1.54, 1.807) is 11.9 Å². The Morgan fingerprint density at radius 3 is 2.86 bits per heavy atom. The van der Waals surface area contributed by atoms with Gasteiger partial charge in [0.25, 0.3) is 5.91 Å². The summed E-state index contributed by atoms with van der Waals surface area (Å²) in [6, 6.07) is -1.12. The van der Waals surface area contributed by atoms with Crippen LogP contribution in [0, 0.1) is 0 Å². The van der Waals surface area contributed by atoms with E-state index >= 15 is 0 Å². The molecule has 2 atom stereocenters. The molecule has 2 unspecified atom stereocenters. The third kappa shape index (κ3) is 3.02. The van der Waals surface area contributed by atoms with E-state index in [-0.39, 0.29) is 5.75 Å². The minimum absolute atomic E-state index is 0.149. The molecule has 0 spiro atoms. The van der Waals surface area contributed by atoms with Crippen LogP contribution in [0.5, 0.6) is 0 Å². The lowest BCUT2D eigenvalue weighted by Gasteiger charge is -2.35. The Hall–Kier alpha value is -2.03. The van der Waals surface area contributed by atoms with Crippen molar-refractivity contribution < 1.29 is 19.5 Å². The number of thioether (sulfide) groups is 1. The number of carbonyl (C=O) groups is 3. The number of fused-ring (bicyclic) bond motifs is 1. The number of nitrogens with one attached hydrogen (secondary N) is 1. The lowest BCUT2D eigenvalue weighted by molar-refractivity contribution is -0.134. The number of carbonyl (C=O) groups excluding carboxylic acids is 2. The average Bonchev–Trinajstić information content (AvgIpc) is 2.79. The van der Waals surface area contributed by atoms with Crippen molar-refractivity contribution >= 4 is 34.8 Å². The monoisotopic (exact) mass is 312 g/mol. The molecular formula is C12H16N4O4S. The first kappa shape index (κ1) is 15.4. The van der Waals surface area contributed by atoms with Crippen LogP contribution >= 0.6 is 11.8 Å². The van der Waals surface area contributed by atoms with Gasteiger partial charge in [-0.1, -0.05) is 23.9 Å². The van der Waals surface area contributed by atoms with E-state index in [9.17, 15) is 14.4 Å². The van der Waals surface area contributed by atoms with E-state index < -0.39 is 30.1 Å². The Morgan fingerprint density at radius 1 is 1.52 bits per heavy atom. The molecule has 0 aromatic carbocycles. The quantitative estimate of drug-likeness (QED) is 0.704. The van der Waals surface area contributed by atoms with E-state index in [0.29, 0.717) is 11.7 Å². The molecule has 0 bridgehead atoms. The number of aliphatic imine (C=N–C) groups is 1. The molecule has 0 radical (unpaired) electrons. The van der Waals surface area contributed by atoms with Crippen LogP contribution < -0.4 is 5.32 Å². The molecule has 3 amide bonds. The number of imide groups is 1. The Morgan fingerprint density at radius 2 is 2.24 bits per heavy atom. The second-order valence-electron chi connectivity index (χ2n) is 4.58. The van der Waals surface area contributed by atoms with E-state index in [1.807, 2.05) is 19.1 Å². The highest BCUT2D eigenvalue weighted by Crippen LogP contribution is 2.28. The van der Waals surface area contributed by atoms with Crippen LogP contribution in [-0.2, 0) is 9.59 Å². The van der Waals surface area contributed by atoms with Gasteiger partial charge in [0, 0.05) is 13.6 Å². The molecule has 9 heteroatoms. The molecule has 21 heavy (non-hydrogen) atoms. The molecule has 0 saturated carbocycles. The zero-order valence-corrected chi connectivity index (χ0v) is 12.5. The van der Waals surface area contributed by atoms with Crippen LogP contribution in [0.15, 0.2) is 17.1 Å². The van der Waals surface area contributed by atoms with E-state index in [1.165, 1.54) is 4.90 Å². The summed E-state index contributed by atoms with van der Waals surface area (Å²) in [5, 5.41) is 11.5. The molecule has 8 nitrogen and oxygen atoms in total. The molecule has 2 N–H and O–H groups in total. The summed E-state index contributed by atoms with van der Waals surface area (Å²) in [6.07, 6.45) is 3.07. The fourth-order valence-corrected chi connectivity index (χ4v) is 2.95. The average molecular weight is 312 g/mol. The summed E-state index contributed by atoms with van der Waals surface area (Å²) in [7, 11) is 1.56. The molecular weight excluding hydrogens is 296 g/mol. The fraction of sp³-hybridized carbons (Fsp3) is 0.500. The minimum atomic E-state index is -0.961. The second kappa shape index (κ2) is 6.17. The van der Waals surface area contributed by atoms with Crippen molar-refractivity contribution in [1.29, 1.82) is 0 Å². The van der Waals surface area contributed by atoms with Gasteiger partial charge in [-0.2, -0.15) is 0 Å². The number of allylic oxidation sites excluding steroid dienone is 1. The van der Waals surface area contributed by atoms with Gasteiger partial charge in [-0.05, 0) is 6.92 Å². The van der Waals surface area contributed by atoms with Crippen molar-refractivity contribution in [2.24, 2.45) is 4.99 Å². The lowest BCUT2D eigenvalue weighted by Crippen LogP contribution is -2.63. The normalized spacial score (nSPS) is 25.1. The molecule has 0 aliphatic carbocycles. The highest BCUT2D eigenvalue weighted by atomic mass is 32.2. The Bertz CT molecular complexity index is 533. The Kier molecular flexibility index (Phi) is 4.51. The number of amidine groups is 1. The number of nitrogens with zero attached hydrogens (tertiary/aromatic N) is 3. The summed E-state index contributed by atoms with van der Waals surface area (Å²) < 4.78 is 0. The maximum Gasteiger partial charge on any atom is 0.325 e. The van der Waals surface area contributed by atoms with Gasteiger partial charge in [0.15, 0.2) is 17.4 Å². The number of carboxylic acid groups (broad SMARTS) is 1. The van der Waals surface area contributed by atoms with Crippen molar-refractivity contribution in [3.8, 4) is 0 Å². The number of rotatable bonds is 4. The smallest absolute Gasteiger partial charge is 0.325 e. The Balaban J connectivity index is 2.26. The van der Waals surface area contributed by atoms with Gasteiger partial charge in [0.05, 0.1) is 5.75 Å². The van der Waals surface area contributed by atoms with Crippen molar-refractivity contribution in [3.63, 3.8) is 0 Å². The highest BCUT2D eigenvalue weighted by Gasteiger charge is 2.48. The third-order valence-corrected chi connectivity index (χ3v) is 4.17. The van der Waals surface area contributed by atoms with Crippen LogP contribution in [0.2, 0.25) is 0 Å². The zero-order valence-electron chi connectivity index (χ0n) is 11.6. The second-order valence-corrected chi connectivity index (χ2v) is 5.52. The van der Waals surface area contributed by atoms with Crippen LogP contribution in [0.1, 0.15) is 6.92 Å². The SMILES string of the molecule is C/C=C/CN1C(SCC(=O)O)=NC2C1C(=O)NC(=O)N2C. The van der Waals surface area contributed by atoms with Gasteiger partial charge in [0.1, 0.15) is 0 Å². The molecule has 2 heterocycles. The van der Waals surface area contributed by atoms with Gasteiger partial charge in [-0.25, -0.2) is 9.79 Å². The van der Waals surface area contributed by atoms with Crippen molar-refractivity contribution in [2.75, 3.05) is 19.3 Å². The van der Waals surface area contributed by atoms with Crippen LogP contribution in [0.3, 0.4) is 0 Å². The summed E-state index contributed by atoms with van der Waals surface area (Å²) in [5.74, 6) is -1.52. The first-order valence-electron chi connectivity index (χ1n) is 6.33. The van der Waals surface area contributed by atoms with Crippen molar-refractivity contribution in [1.82, 2.24) is 15.1 Å². The summed E-state index contributed by atoms with van der Waals surface area (Å²) >= 11 is 1.05. The topological polar surface area (TPSA) is 102 Å². The van der Waals surface area contributed by atoms with E-state index in [4.69, 9.17) is 5.11 Å². The number of likely N-dealkylation sites (N-methyl/N-ethyl adjacent to an activating group) is 1. The molecule has 2 aliphatic rings. The molecule has 2 rings (SSSR count). The number of aliphatic carboxylic acids is 1. The third-order valence-electron chi connectivity index (χ3n) is 3.19. The van der Waals surface area contributed by atoms with Crippen LogP contribution in [0.25, 0.3) is 0 Å². The molecule has 2 aliphatic heterocycles. The van der Waals surface area contributed by atoms with Gasteiger partial charge in [-0.15, -0.1) is 0 Å². The number of hydrogen-bond acceptors (Lipinski definition) is 6. The first-order valence-corrected chi connectivity index (χ1v) is 7.32. The molecule has 1 saturated heterocycles. The Labute approximate surface area is 125 Å². The summed E-state index contributed by atoms with van der Waals surface area (Å²) in [5.41, 5.74) is 0. The van der Waals surface area contributed by atoms with Gasteiger partial charge >= 0.3 is 12.0 Å². The minimum Gasteiger partial charge on any atom is -0.481 e. The summed E-state index contributed by atoms with van der Waals surface area (Å²) in [4.78, 5) is 41.8. The molecule has 0 aromatic heterocycles. The standard InChI is InChI=1S/C12H16N4O4S/c1-3-4-5-16-8-9(13-12(16)21-6-7(17)18)15(2)11(20)14-10(8)19/h3-4,8-9H,5-6H2,1-2H3,(H,17,18)(H,14,19,20)/b4-3+. The maximum absolute atomic E-state index is 12.1. The molecule has 0 aromatic rings. The number of hydrogen-bond donors (Lipinski definition) is 2. The number of urea groups is 1. The largest absolute Gasteiger partial charge is 0.481 e. The first-order chi connectivity index (χ1) is 9.95. The highest BCUT2D eigenvalue weighted by molar-refractivity contribution is 8.14. The number of amides is 3.